The van der Waals surface area contributed by atoms with Crippen LogP contribution >= 0.6 is 0 Å². The average molecular weight is 275 g/mol. The molecule has 0 aliphatic rings. The molecule has 4 nitrogen and oxygen atoms in total. The van der Waals surface area contributed by atoms with E-state index in [0.717, 1.165) is 30.0 Å². The maximum Gasteiger partial charge on any atom is 0.227 e. The third kappa shape index (κ3) is 3.23. The molecule has 0 fully saturated rings. The zero-order valence-electron chi connectivity index (χ0n) is 11.9. The van der Waals surface area contributed by atoms with E-state index in [4.69, 9.17) is 4.74 Å². The lowest BCUT2D eigenvalue weighted by atomic mass is 10.2. The molecule has 1 aromatic heterocycles. The summed E-state index contributed by atoms with van der Waals surface area (Å²) in [5.74, 6) is 2.25. The van der Waals surface area contributed by atoms with Crippen LogP contribution in [0.1, 0.15) is 24.7 Å². The molecule has 0 saturated heterocycles. The molecule has 2 rings (SSSR count). The SMILES string of the molecule is CCCc1nc(NC)c(C)c(Oc2ccc(F)cc2)n1. The van der Waals surface area contributed by atoms with E-state index in [9.17, 15) is 4.39 Å². The van der Waals surface area contributed by atoms with E-state index in [-0.39, 0.29) is 5.82 Å². The van der Waals surface area contributed by atoms with Crippen LogP contribution in [0, 0.1) is 12.7 Å². The number of rotatable bonds is 5. The molecule has 0 aliphatic heterocycles. The van der Waals surface area contributed by atoms with Crippen LogP contribution in [0.25, 0.3) is 0 Å². The van der Waals surface area contributed by atoms with Crippen molar-refractivity contribution in [1.29, 1.82) is 0 Å². The van der Waals surface area contributed by atoms with Crippen LogP contribution in [0.5, 0.6) is 11.6 Å². The van der Waals surface area contributed by atoms with E-state index in [1.54, 1.807) is 12.1 Å². The van der Waals surface area contributed by atoms with Crippen molar-refractivity contribution in [1.82, 2.24) is 9.97 Å². The van der Waals surface area contributed by atoms with Gasteiger partial charge < -0.3 is 10.1 Å². The summed E-state index contributed by atoms with van der Waals surface area (Å²) >= 11 is 0. The van der Waals surface area contributed by atoms with Gasteiger partial charge in [0, 0.05) is 13.5 Å². The first-order valence-electron chi connectivity index (χ1n) is 6.62. The Labute approximate surface area is 118 Å². The second-order valence-corrected chi connectivity index (χ2v) is 4.47. The standard InChI is InChI=1S/C15H18FN3O/c1-4-5-13-18-14(17-3)10(2)15(19-13)20-12-8-6-11(16)7-9-12/h6-9H,4-5H2,1-3H3,(H,17,18,19). The molecule has 1 heterocycles. The van der Waals surface area contributed by atoms with Gasteiger partial charge in [-0.25, -0.2) is 9.37 Å². The summed E-state index contributed by atoms with van der Waals surface area (Å²) < 4.78 is 18.6. The summed E-state index contributed by atoms with van der Waals surface area (Å²) in [7, 11) is 1.81. The van der Waals surface area contributed by atoms with E-state index in [1.807, 2.05) is 14.0 Å². The van der Waals surface area contributed by atoms with Gasteiger partial charge in [-0.05, 0) is 37.6 Å². The lowest BCUT2D eigenvalue weighted by Gasteiger charge is -2.12. The van der Waals surface area contributed by atoms with Crippen LogP contribution in [0.3, 0.4) is 0 Å². The Bertz CT molecular complexity index is 584. The second kappa shape index (κ2) is 6.32. The smallest absolute Gasteiger partial charge is 0.227 e. The Hall–Kier alpha value is -2.17. The van der Waals surface area contributed by atoms with E-state index >= 15 is 0 Å². The normalized spacial score (nSPS) is 10.4. The molecular formula is C15H18FN3O. The van der Waals surface area contributed by atoms with E-state index < -0.39 is 0 Å². The Balaban J connectivity index is 2.33. The maximum absolute atomic E-state index is 12.9. The fraction of sp³-hybridized carbons (Fsp3) is 0.333. The molecule has 0 atom stereocenters. The van der Waals surface area contributed by atoms with Gasteiger partial charge >= 0.3 is 0 Å². The summed E-state index contributed by atoms with van der Waals surface area (Å²) in [5.41, 5.74) is 0.830. The number of ether oxygens (including phenoxy) is 1. The molecule has 1 aromatic carbocycles. The summed E-state index contributed by atoms with van der Waals surface area (Å²) in [6.07, 6.45) is 1.75. The quantitative estimate of drug-likeness (QED) is 0.903. The fourth-order valence-electron chi connectivity index (χ4n) is 1.83. The molecule has 5 heteroatoms. The lowest BCUT2D eigenvalue weighted by molar-refractivity contribution is 0.453. The van der Waals surface area contributed by atoms with Gasteiger partial charge in [-0.1, -0.05) is 6.92 Å². The first-order chi connectivity index (χ1) is 9.63. The van der Waals surface area contributed by atoms with Gasteiger partial charge in [-0.3, -0.25) is 0 Å². The second-order valence-electron chi connectivity index (χ2n) is 4.47. The molecule has 0 radical (unpaired) electrons. The minimum atomic E-state index is -0.292. The summed E-state index contributed by atoms with van der Waals surface area (Å²) in [6, 6.07) is 5.88. The Morgan fingerprint density at radius 1 is 1.20 bits per heavy atom. The largest absolute Gasteiger partial charge is 0.439 e. The van der Waals surface area contributed by atoms with Gasteiger partial charge in [0.2, 0.25) is 5.88 Å². The molecule has 2 aromatic rings. The van der Waals surface area contributed by atoms with Crippen molar-refractivity contribution in [3.8, 4) is 11.6 Å². The predicted octanol–water partition coefficient (Wildman–Crippen LogP) is 3.71. The van der Waals surface area contributed by atoms with Crippen LogP contribution in [0.4, 0.5) is 10.2 Å². The van der Waals surface area contributed by atoms with Crippen molar-refractivity contribution in [2.45, 2.75) is 26.7 Å². The van der Waals surface area contributed by atoms with E-state index in [1.165, 1.54) is 12.1 Å². The zero-order chi connectivity index (χ0) is 14.5. The molecule has 0 unspecified atom stereocenters. The third-order valence-electron chi connectivity index (χ3n) is 2.89. The number of nitrogens with zero attached hydrogens (tertiary/aromatic N) is 2. The monoisotopic (exact) mass is 275 g/mol. The number of hydrogen-bond acceptors (Lipinski definition) is 4. The van der Waals surface area contributed by atoms with Gasteiger partial charge in [-0.15, -0.1) is 0 Å². The fourth-order valence-corrected chi connectivity index (χ4v) is 1.83. The van der Waals surface area contributed by atoms with Crippen LogP contribution in [0.15, 0.2) is 24.3 Å². The van der Waals surface area contributed by atoms with Crippen LogP contribution in [-0.4, -0.2) is 17.0 Å². The number of anilines is 1. The number of hydrogen-bond donors (Lipinski definition) is 1. The van der Waals surface area contributed by atoms with Gasteiger partial charge in [0.05, 0.1) is 5.56 Å². The van der Waals surface area contributed by atoms with Crippen LogP contribution in [-0.2, 0) is 6.42 Å². The molecule has 106 valence electrons. The Kier molecular flexibility index (Phi) is 4.50. The number of halogens is 1. The maximum atomic E-state index is 12.9. The highest BCUT2D eigenvalue weighted by molar-refractivity contribution is 5.49. The summed E-state index contributed by atoms with van der Waals surface area (Å²) in [4.78, 5) is 8.86. The topological polar surface area (TPSA) is 47.0 Å². The van der Waals surface area contributed by atoms with Crippen molar-refractivity contribution in [2.75, 3.05) is 12.4 Å². The molecule has 20 heavy (non-hydrogen) atoms. The molecule has 0 bridgehead atoms. The van der Waals surface area contributed by atoms with E-state index in [2.05, 4.69) is 22.2 Å². The van der Waals surface area contributed by atoms with Gasteiger partial charge in [0.15, 0.2) is 0 Å². The van der Waals surface area contributed by atoms with Gasteiger partial charge in [-0.2, -0.15) is 4.98 Å². The highest BCUT2D eigenvalue weighted by Gasteiger charge is 2.11. The summed E-state index contributed by atoms with van der Waals surface area (Å²) in [5, 5.41) is 3.04. The van der Waals surface area contributed by atoms with Crippen LogP contribution in [0.2, 0.25) is 0 Å². The summed E-state index contributed by atoms with van der Waals surface area (Å²) in [6.45, 7) is 3.96. The minimum Gasteiger partial charge on any atom is -0.439 e. The van der Waals surface area contributed by atoms with Crippen molar-refractivity contribution in [3.63, 3.8) is 0 Å². The third-order valence-corrected chi connectivity index (χ3v) is 2.89. The Morgan fingerprint density at radius 2 is 1.90 bits per heavy atom. The van der Waals surface area contributed by atoms with Gasteiger partial charge in [0.25, 0.3) is 0 Å². The number of nitrogens with one attached hydrogen (secondary N) is 1. The molecular weight excluding hydrogens is 257 g/mol. The zero-order valence-corrected chi connectivity index (χ0v) is 11.9. The van der Waals surface area contributed by atoms with Crippen molar-refractivity contribution in [2.24, 2.45) is 0 Å². The molecule has 0 spiro atoms. The van der Waals surface area contributed by atoms with Gasteiger partial charge in [0.1, 0.15) is 23.2 Å². The average Bonchev–Trinajstić information content (AvgIpc) is 2.45. The Morgan fingerprint density at radius 3 is 2.50 bits per heavy atom. The lowest BCUT2D eigenvalue weighted by Crippen LogP contribution is -2.05. The van der Waals surface area contributed by atoms with Crippen molar-refractivity contribution in [3.05, 3.63) is 41.5 Å². The minimum absolute atomic E-state index is 0.292. The van der Waals surface area contributed by atoms with Crippen LogP contribution < -0.4 is 10.1 Å². The molecule has 0 amide bonds. The predicted molar refractivity (Wildman–Crippen MR) is 76.8 cm³/mol. The van der Waals surface area contributed by atoms with Crippen molar-refractivity contribution < 1.29 is 9.13 Å². The highest BCUT2D eigenvalue weighted by Crippen LogP contribution is 2.27. The number of aryl methyl sites for hydroxylation is 1. The number of benzene rings is 1. The van der Waals surface area contributed by atoms with Crippen molar-refractivity contribution >= 4 is 5.82 Å². The first kappa shape index (κ1) is 14.2. The highest BCUT2D eigenvalue weighted by atomic mass is 19.1. The molecule has 1 N–H and O–H groups in total. The molecule has 0 saturated carbocycles. The number of aromatic nitrogens is 2. The molecule has 0 aliphatic carbocycles. The first-order valence-corrected chi connectivity index (χ1v) is 6.62. The van der Waals surface area contributed by atoms with E-state index in [0.29, 0.717) is 11.6 Å².